The fourth-order valence-corrected chi connectivity index (χ4v) is 1.61. The maximum Gasteiger partial charge on any atom is 0.239 e. The summed E-state index contributed by atoms with van der Waals surface area (Å²) in [4.78, 5) is 3.95. The Hall–Kier alpha value is -1.46. The van der Waals surface area contributed by atoms with Crippen molar-refractivity contribution in [1.82, 2.24) is 15.2 Å². The monoisotopic (exact) mass is 243 g/mol. The second-order valence-corrected chi connectivity index (χ2v) is 3.71. The first-order valence-electron chi connectivity index (χ1n) is 4.00. The van der Waals surface area contributed by atoms with Gasteiger partial charge in [0, 0.05) is 5.56 Å². The van der Waals surface area contributed by atoms with E-state index in [1.807, 2.05) is 0 Å². The summed E-state index contributed by atoms with van der Waals surface area (Å²) >= 11 is 11.7. The minimum Gasteiger partial charge on any atom is -0.396 e. The third-order valence-corrected chi connectivity index (χ3v) is 2.48. The average Bonchev–Trinajstić information content (AvgIpc) is 2.60. The molecule has 0 aliphatic rings. The summed E-state index contributed by atoms with van der Waals surface area (Å²) in [5, 5.41) is 7.09. The summed E-state index contributed by atoms with van der Waals surface area (Å²) in [5.41, 5.74) is 12.0. The lowest BCUT2D eigenvalue weighted by atomic mass is 10.2. The topological polar surface area (TPSA) is 93.6 Å². The van der Waals surface area contributed by atoms with Crippen LogP contribution in [0.2, 0.25) is 10.0 Å². The fraction of sp³-hybridized carbons (Fsp3) is 0. The first kappa shape index (κ1) is 10.1. The molecular weight excluding hydrogens is 237 g/mol. The first-order valence-corrected chi connectivity index (χ1v) is 4.76. The number of hydrogen-bond acceptors (Lipinski definition) is 4. The first-order chi connectivity index (χ1) is 7.08. The number of nitrogens with zero attached hydrogens (tertiary/aromatic N) is 2. The molecule has 0 saturated carbocycles. The molecule has 0 radical (unpaired) electrons. The summed E-state index contributed by atoms with van der Waals surface area (Å²) in [7, 11) is 0. The van der Waals surface area contributed by atoms with Crippen LogP contribution in [0.3, 0.4) is 0 Å². The highest BCUT2D eigenvalue weighted by molar-refractivity contribution is 6.39. The smallest absolute Gasteiger partial charge is 0.239 e. The molecule has 0 aliphatic carbocycles. The Balaban J connectivity index is 2.55. The van der Waals surface area contributed by atoms with Crippen LogP contribution >= 0.6 is 23.2 Å². The Labute approximate surface area is 95.4 Å². The number of anilines is 2. The maximum absolute atomic E-state index is 5.87. The van der Waals surface area contributed by atoms with Crippen molar-refractivity contribution in [3.05, 3.63) is 22.2 Å². The Morgan fingerprint density at radius 1 is 1.13 bits per heavy atom. The standard InChI is InChI=1S/C8H7Cl2N5/c9-4-1-3(2-5(10)6(4)11)7-13-8(12)15-14-7/h1-2H,11H2,(H3,12,13,14,15). The summed E-state index contributed by atoms with van der Waals surface area (Å²) < 4.78 is 0. The summed E-state index contributed by atoms with van der Waals surface area (Å²) in [6, 6.07) is 3.28. The van der Waals surface area contributed by atoms with Gasteiger partial charge in [0.1, 0.15) is 0 Å². The van der Waals surface area contributed by atoms with Crippen molar-refractivity contribution in [2.45, 2.75) is 0 Å². The Morgan fingerprint density at radius 2 is 1.73 bits per heavy atom. The van der Waals surface area contributed by atoms with Gasteiger partial charge in [0.15, 0.2) is 5.82 Å². The predicted molar refractivity (Wildman–Crippen MR) is 60.7 cm³/mol. The molecule has 0 atom stereocenters. The predicted octanol–water partition coefficient (Wildman–Crippen LogP) is 1.94. The average molecular weight is 244 g/mol. The van der Waals surface area contributed by atoms with Gasteiger partial charge >= 0.3 is 0 Å². The van der Waals surface area contributed by atoms with Crippen molar-refractivity contribution in [3.8, 4) is 11.4 Å². The highest BCUT2D eigenvalue weighted by Gasteiger charge is 2.09. The number of hydrogen-bond donors (Lipinski definition) is 3. The van der Waals surface area contributed by atoms with Crippen molar-refractivity contribution in [1.29, 1.82) is 0 Å². The van der Waals surface area contributed by atoms with Crippen LogP contribution in [0.5, 0.6) is 0 Å². The summed E-state index contributed by atoms with van der Waals surface area (Å²) in [5.74, 6) is 0.658. The van der Waals surface area contributed by atoms with Gasteiger partial charge in [-0.15, -0.1) is 5.10 Å². The molecule has 0 unspecified atom stereocenters. The molecule has 78 valence electrons. The van der Waals surface area contributed by atoms with Gasteiger partial charge in [0.2, 0.25) is 5.95 Å². The maximum atomic E-state index is 5.87. The quantitative estimate of drug-likeness (QED) is 0.668. The zero-order valence-electron chi connectivity index (χ0n) is 7.46. The SMILES string of the molecule is Nc1n[nH]c(-c2cc(Cl)c(N)c(Cl)c2)n1. The number of aromatic nitrogens is 3. The molecule has 1 aromatic carbocycles. The summed E-state index contributed by atoms with van der Waals surface area (Å²) in [6.07, 6.45) is 0. The van der Waals surface area contributed by atoms with Crippen LogP contribution in [0.1, 0.15) is 0 Å². The largest absolute Gasteiger partial charge is 0.396 e. The van der Waals surface area contributed by atoms with E-state index in [0.717, 1.165) is 0 Å². The third kappa shape index (κ3) is 1.84. The van der Waals surface area contributed by atoms with E-state index in [1.165, 1.54) is 0 Å². The fourth-order valence-electron chi connectivity index (χ4n) is 1.12. The second kappa shape index (κ2) is 3.60. The molecule has 2 rings (SSSR count). The lowest BCUT2D eigenvalue weighted by Crippen LogP contribution is -1.90. The van der Waals surface area contributed by atoms with Crippen molar-refractivity contribution in [3.63, 3.8) is 0 Å². The molecule has 0 spiro atoms. The van der Waals surface area contributed by atoms with E-state index in [4.69, 9.17) is 34.7 Å². The number of halogens is 2. The van der Waals surface area contributed by atoms with Crippen molar-refractivity contribution < 1.29 is 0 Å². The number of nitrogens with two attached hydrogens (primary N) is 2. The molecule has 2 aromatic rings. The summed E-state index contributed by atoms with van der Waals surface area (Å²) in [6.45, 7) is 0. The minimum atomic E-state index is 0.161. The molecule has 15 heavy (non-hydrogen) atoms. The van der Waals surface area contributed by atoms with Gasteiger partial charge in [-0.1, -0.05) is 23.2 Å². The van der Waals surface area contributed by atoms with Crippen molar-refractivity contribution in [2.75, 3.05) is 11.5 Å². The van der Waals surface area contributed by atoms with Gasteiger partial charge in [-0.25, -0.2) is 0 Å². The number of nitrogens with one attached hydrogen (secondary N) is 1. The molecule has 0 bridgehead atoms. The van der Waals surface area contributed by atoms with Crippen molar-refractivity contribution in [2.24, 2.45) is 0 Å². The third-order valence-electron chi connectivity index (χ3n) is 1.86. The van der Waals surface area contributed by atoms with E-state index in [-0.39, 0.29) is 5.95 Å². The van der Waals surface area contributed by atoms with Crippen LogP contribution in [0.15, 0.2) is 12.1 Å². The second-order valence-electron chi connectivity index (χ2n) is 2.90. The Morgan fingerprint density at radius 3 is 2.20 bits per heavy atom. The number of H-pyrrole nitrogens is 1. The van der Waals surface area contributed by atoms with Crippen LogP contribution in [0.4, 0.5) is 11.6 Å². The molecular formula is C8H7Cl2N5. The molecule has 1 heterocycles. The number of rotatable bonds is 1. The lowest BCUT2D eigenvalue weighted by Gasteiger charge is -2.03. The van der Waals surface area contributed by atoms with E-state index in [1.54, 1.807) is 12.1 Å². The Bertz CT molecular complexity index is 484. The van der Waals surface area contributed by atoms with Gasteiger partial charge in [0.25, 0.3) is 0 Å². The van der Waals surface area contributed by atoms with Crippen LogP contribution in [0, 0.1) is 0 Å². The van der Waals surface area contributed by atoms with Gasteiger partial charge in [-0.2, -0.15) is 4.98 Å². The zero-order chi connectivity index (χ0) is 11.0. The minimum absolute atomic E-state index is 0.161. The molecule has 5 N–H and O–H groups in total. The molecule has 0 fully saturated rings. The molecule has 7 heteroatoms. The van der Waals surface area contributed by atoms with Gasteiger partial charge < -0.3 is 11.5 Å². The normalized spacial score (nSPS) is 10.5. The van der Waals surface area contributed by atoms with Gasteiger partial charge in [-0.3, -0.25) is 5.10 Å². The van der Waals surface area contributed by atoms with E-state index < -0.39 is 0 Å². The van der Waals surface area contributed by atoms with Crippen LogP contribution in [-0.2, 0) is 0 Å². The lowest BCUT2D eigenvalue weighted by molar-refractivity contribution is 1.10. The van der Waals surface area contributed by atoms with Gasteiger partial charge in [0.05, 0.1) is 15.7 Å². The van der Waals surface area contributed by atoms with Crippen molar-refractivity contribution >= 4 is 34.8 Å². The van der Waals surface area contributed by atoms with E-state index in [9.17, 15) is 0 Å². The van der Waals surface area contributed by atoms with E-state index >= 15 is 0 Å². The molecule has 1 aromatic heterocycles. The van der Waals surface area contributed by atoms with E-state index in [0.29, 0.717) is 27.1 Å². The molecule has 0 saturated heterocycles. The van der Waals surface area contributed by atoms with Crippen LogP contribution in [-0.4, -0.2) is 15.2 Å². The van der Waals surface area contributed by atoms with E-state index in [2.05, 4.69) is 15.2 Å². The highest BCUT2D eigenvalue weighted by atomic mass is 35.5. The van der Waals surface area contributed by atoms with Crippen LogP contribution < -0.4 is 11.5 Å². The number of benzene rings is 1. The molecule has 5 nitrogen and oxygen atoms in total. The molecule has 0 amide bonds. The van der Waals surface area contributed by atoms with Gasteiger partial charge in [-0.05, 0) is 12.1 Å². The zero-order valence-corrected chi connectivity index (χ0v) is 8.97. The number of nitrogen functional groups attached to an aromatic ring is 2. The molecule has 0 aliphatic heterocycles. The number of aromatic amines is 1. The van der Waals surface area contributed by atoms with Crippen LogP contribution in [0.25, 0.3) is 11.4 Å². The highest BCUT2D eigenvalue weighted by Crippen LogP contribution is 2.32. The Kier molecular flexibility index (Phi) is 2.42.